The maximum absolute atomic E-state index is 13.3. The van der Waals surface area contributed by atoms with E-state index in [9.17, 15) is 14.4 Å². The van der Waals surface area contributed by atoms with Crippen molar-refractivity contribution < 1.29 is 19.1 Å². The van der Waals surface area contributed by atoms with Crippen LogP contribution >= 0.6 is 11.3 Å². The van der Waals surface area contributed by atoms with Crippen LogP contribution in [-0.2, 0) is 14.3 Å². The quantitative estimate of drug-likeness (QED) is 0.433. The second-order valence-corrected chi connectivity index (χ2v) is 11.8. The summed E-state index contributed by atoms with van der Waals surface area (Å²) in [5, 5.41) is 6.26. The van der Waals surface area contributed by atoms with Gasteiger partial charge in [-0.3, -0.25) is 14.9 Å². The number of benzene rings is 1. The smallest absolute Gasteiger partial charge is 0.413 e. The van der Waals surface area contributed by atoms with Gasteiger partial charge in [0, 0.05) is 6.54 Å². The van der Waals surface area contributed by atoms with Gasteiger partial charge in [-0.15, -0.1) is 11.3 Å². The number of hydrogen-bond acceptors (Lipinski definition) is 7. The van der Waals surface area contributed by atoms with E-state index in [1.165, 1.54) is 6.20 Å². The van der Waals surface area contributed by atoms with Crippen LogP contribution in [0.5, 0.6) is 0 Å². The Balaban J connectivity index is 1.47. The first kappa shape index (κ1) is 26.5. The van der Waals surface area contributed by atoms with Gasteiger partial charge in [-0.1, -0.05) is 13.0 Å². The lowest BCUT2D eigenvalue weighted by atomic mass is 9.89. The van der Waals surface area contributed by atoms with Crippen molar-refractivity contribution in [2.45, 2.75) is 66.0 Å². The van der Waals surface area contributed by atoms with Gasteiger partial charge >= 0.3 is 17.9 Å². The minimum absolute atomic E-state index is 0.193. The summed E-state index contributed by atoms with van der Waals surface area (Å²) in [7, 11) is 0. The van der Waals surface area contributed by atoms with E-state index in [-0.39, 0.29) is 6.04 Å². The number of carbonyl (C=O) groups excluding carboxylic acids is 3. The Labute approximate surface area is 220 Å². The highest BCUT2D eigenvalue weighted by Crippen LogP contribution is 2.35. The first-order valence-electron chi connectivity index (χ1n) is 12.4. The van der Waals surface area contributed by atoms with E-state index in [1.54, 1.807) is 50.0 Å². The molecule has 1 aliphatic heterocycles. The van der Waals surface area contributed by atoms with Crippen molar-refractivity contribution in [2.75, 3.05) is 17.2 Å². The van der Waals surface area contributed by atoms with E-state index >= 15 is 0 Å². The van der Waals surface area contributed by atoms with Crippen LogP contribution in [0.3, 0.4) is 0 Å². The molecule has 4 rings (SSSR count). The monoisotopic (exact) mass is 523 g/mol. The highest BCUT2D eigenvalue weighted by molar-refractivity contribution is 7.18. The van der Waals surface area contributed by atoms with Crippen molar-refractivity contribution in [1.29, 1.82) is 0 Å². The Kier molecular flexibility index (Phi) is 7.49. The van der Waals surface area contributed by atoms with Gasteiger partial charge in [0.15, 0.2) is 0 Å². The highest BCUT2D eigenvalue weighted by atomic mass is 32.1. The number of hydrogen-bond donors (Lipinski definition) is 2. The van der Waals surface area contributed by atoms with Crippen molar-refractivity contribution in [1.82, 2.24) is 14.9 Å². The molecule has 0 bridgehead atoms. The normalized spacial score (nSPS) is 17.9. The fraction of sp³-hybridized carbons (Fsp3) is 0.444. The van der Waals surface area contributed by atoms with Crippen molar-refractivity contribution in [2.24, 2.45) is 5.92 Å². The molecule has 3 amide bonds. The number of ether oxygens (including phenoxy) is 1. The minimum atomic E-state index is -0.723. The fourth-order valence-corrected chi connectivity index (χ4v) is 5.29. The van der Waals surface area contributed by atoms with Crippen LogP contribution in [-0.4, -0.2) is 44.9 Å². The summed E-state index contributed by atoms with van der Waals surface area (Å²) in [5.74, 6) is -0.699. The van der Waals surface area contributed by atoms with Crippen molar-refractivity contribution >= 4 is 51.0 Å². The number of nitrogens with zero attached hydrogens (tertiary/aromatic N) is 3. The Hall–Kier alpha value is -3.53. The molecule has 0 spiro atoms. The molecular formula is C27H33N5O4S. The molecule has 0 radical (unpaired) electrons. The van der Waals surface area contributed by atoms with Gasteiger partial charge in [0.2, 0.25) is 0 Å². The second-order valence-electron chi connectivity index (χ2n) is 10.6. The van der Waals surface area contributed by atoms with Crippen LogP contribution in [0.4, 0.5) is 16.3 Å². The Morgan fingerprint density at radius 2 is 1.86 bits per heavy atom. The van der Waals surface area contributed by atoms with Crippen LogP contribution in [0, 0.1) is 19.8 Å². The maximum atomic E-state index is 13.3. The molecule has 1 aliphatic rings. The molecule has 1 saturated heterocycles. The molecule has 1 aromatic carbocycles. The lowest BCUT2D eigenvalue weighted by molar-refractivity contribution is -0.146. The SMILES string of the molecule is Cc1nc2cc(C3CCC(C)CN3C(=O)C(=O)Nc3cnc(NC(=O)OC(C)(C)C)c(C)c3)ccc2s1. The zero-order valence-corrected chi connectivity index (χ0v) is 22.9. The number of likely N-dealkylation sites (tertiary alicyclic amines) is 1. The fourth-order valence-electron chi connectivity index (χ4n) is 4.48. The number of pyridine rings is 1. The summed E-state index contributed by atoms with van der Waals surface area (Å²) in [5.41, 5.74) is 2.25. The number of fused-ring (bicyclic) bond motifs is 1. The number of aromatic nitrogens is 2. The molecule has 10 heteroatoms. The summed E-state index contributed by atoms with van der Waals surface area (Å²) in [6.45, 7) is 11.6. The van der Waals surface area contributed by atoms with Crippen LogP contribution in [0.15, 0.2) is 30.5 Å². The van der Waals surface area contributed by atoms with Gasteiger partial charge in [-0.05, 0) is 82.7 Å². The lowest BCUT2D eigenvalue weighted by Gasteiger charge is -2.38. The zero-order chi connectivity index (χ0) is 26.9. The highest BCUT2D eigenvalue weighted by Gasteiger charge is 2.34. The standard InChI is InChI=1S/C27H33N5O4S/c1-15-7-9-21(18-8-10-22-20(12-18)29-17(3)37-22)32(14-15)25(34)24(33)30-19-11-16(2)23(28-13-19)31-26(35)36-27(4,5)6/h8,10-13,15,21H,7,9,14H2,1-6H3,(H,30,33)(H,28,31,35). The largest absolute Gasteiger partial charge is 0.444 e. The van der Waals surface area contributed by atoms with Crippen molar-refractivity contribution in [3.8, 4) is 0 Å². The van der Waals surface area contributed by atoms with Crippen LogP contribution in [0.25, 0.3) is 10.2 Å². The number of nitrogens with one attached hydrogen (secondary N) is 2. The van der Waals surface area contributed by atoms with Crippen LogP contribution in [0.2, 0.25) is 0 Å². The van der Waals surface area contributed by atoms with Gasteiger partial charge in [-0.2, -0.15) is 0 Å². The average Bonchev–Trinajstić information content (AvgIpc) is 3.18. The summed E-state index contributed by atoms with van der Waals surface area (Å²) in [6.07, 6.45) is 2.53. The van der Waals surface area contributed by atoms with E-state index in [2.05, 4.69) is 27.5 Å². The average molecular weight is 524 g/mol. The van der Waals surface area contributed by atoms with Crippen LogP contribution < -0.4 is 10.6 Å². The summed E-state index contributed by atoms with van der Waals surface area (Å²) in [6, 6.07) is 7.56. The number of amides is 3. The second kappa shape index (κ2) is 10.5. The molecule has 3 heterocycles. The number of rotatable bonds is 3. The molecule has 2 aromatic heterocycles. The topological polar surface area (TPSA) is 114 Å². The molecule has 1 fully saturated rings. The van der Waals surface area contributed by atoms with Gasteiger partial charge in [0.25, 0.3) is 0 Å². The van der Waals surface area contributed by atoms with Crippen LogP contribution in [0.1, 0.15) is 62.7 Å². The third-order valence-corrected chi connectivity index (χ3v) is 7.08. The van der Waals surface area contributed by atoms with E-state index in [0.717, 1.165) is 33.6 Å². The molecule has 2 N–H and O–H groups in total. The molecule has 2 atom stereocenters. The van der Waals surface area contributed by atoms with Gasteiger partial charge < -0.3 is 15.0 Å². The third kappa shape index (κ3) is 6.43. The number of thiazole rings is 1. The van der Waals surface area contributed by atoms with E-state index in [4.69, 9.17) is 4.74 Å². The van der Waals surface area contributed by atoms with Gasteiger partial charge in [0.05, 0.1) is 33.2 Å². The Bertz CT molecular complexity index is 1350. The van der Waals surface area contributed by atoms with E-state index in [1.807, 2.05) is 25.1 Å². The first-order valence-corrected chi connectivity index (χ1v) is 13.2. The molecule has 196 valence electrons. The summed E-state index contributed by atoms with van der Waals surface area (Å²) >= 11 is 1.64. The number of piperidine rings is 1. The molecule has 37 heavy (non-hydrogen) atoms. The molecule has 3 aromatic rings. The number of anilines is 2. The minimum Gasteiger partial charge on any atom is -0.444 e. The van der Waals surface area contributed by atoms with E-state index in [0.29, 0.717) is 29.5 Å². The zero-order valence-electron chi connectivity index (χ0n) is 22.0. The van der Waals surface area contributed by atoms with E-state index < -0.39 is 23.5 Å². The summed E-state index contributed by atoms with van der Waals surface area (Å²) in [4.78, 5) is 48.9. The Morgan fingerprint density at radius 3 is 2.57 bits per heavy atom. The van der Waals surface area contributed by atoms with Gasteiger partial charge in [0.1, 0.15) is 11.4 Å². The first-order chi connectivity index (χ1) is 17.4. The van der Waals surface area contributed by atoms with Crippen molar-refractivity contribution in [3.05, 3.63) is 46.6 Å². The molecule has 0 saturated carbocycles. The molecule has 2 unspecified atom stereocenters. The summed E-state index contributed by atoms with van der Waals surface area (Å²) < 4.78 is 6.36. The molecule has 9 nitrogen and oxygen atoms in total. The lowest BCUT2D eigenvalue weighted by Crippen LogP contribution is -2.46. The predicted molar refractivity (Wildman–Crippen MR) is 145 cm³/mol. The third-order valence-electron chi connectivity index (χ3n) is 6.13. The van der Waals surface area contributed by atoms with Gasteiger partial charge in [-0.25, -0.2) is 14.8 Å². The molecule has 0 aliphatic carbocycles. The molecular weight excluding hydrogens is 490 g/mol. The predicted octanol–water partition coefficient (Wildman–Crippen LogP) is 5.59. The number of aryl methyl sites for hydroxylation is 2. The van der Waals surface area contributed by atoms with Crippen molar-refractivity contribution in [3.63, 3.8) is 0 Å². The number of carbonyl (C=O) groups is 3. The maximum Gasteiger partial charge on any atom is 0.413 e. The Morgan fingerprint density at radius 1 is 1.11 bits per heavy atom.